The first-order chi connectivity index (χ1) is 24.8. The lowest BCUT2D eigenvalue weighted by molar-refractivity contribution is 1.07. The minimum Gasteiger partial charge on any atom is -0.228 e. The molecule has 0 atom stereocenters. The Morgan fingerprint density at radius 2 is 0.780 bits per heavy atom. The number of hydrogen-bond donors (Lipinski definition) is 0. The molecule has 0 spiro atoms. The molecule has 0 saturated heterocycles. The summed E-state index contributed by atoms with van der Waals surface area (Å²) < 4.78 is 0. The van der Waals surface area contributed by atoms with Crippen molar-refractivity contribution in [2.75, 3.05) is 0 Å². The largest absolute Gasteiger partial charge is 0.228 e. The summed E-state index contributed by atoms with van der Waals surface area (Å²) in [4.78, 5) is 25.9. The third-order valence-electron chi connectivity index (χ3n) is 8.95. The SMILES string of the molecule is c1ccc(-c2cc(-c3cccc4ccccc34)nc(-c3ccc4ccccc4c3-c3nc(-c4ccccc4)nc(-c4ccccc4)n3)n2)cc1. The van der Waals surface area contributed by atoms with Crippen molar-refractivity contribution >= 4 is 21.5 Å². The Labute approximate surface area is 289 Å². The zero-order valence-electron chi connectivity index (χ0n) is 27.0. The molecule has 0 aliphatic carbocycles. The lowest BCUT2D eigenvalue weighted by Gasteiger charge is -2.16. The van der Waals surface area contributed by atoms with Crippen LogP contribution in [-0.4, -0.2) is 24.9 Å². The van der Waals surface area contributed by atoms with Gasteiger partial charge in [-0.3, -0.25) is 0 Å². The highest BCUT2D eigenvalue weighted by Gasteiger charge is 2.21. The molecule has 0 bridgehead atoms. The second-order valence-electron chi connectivity index (χ2n) is 12.1. The Balaban J connectivity index is 1.35. The van der Waals surface area contributed by atoms with Crippen molar-refractivity contribution in [1.82, 2.24) is 24.9 Å². The second-order valence-corrected chi connectivity index (χ2v) is 12.1. The summed E-state index contributed by atoms with van der Waals surface area (Å²) in [6.45, 7) is 0. The minimum absolute atomic E-state index is 0.560. The van der Waals surface area contributed by atoms with E-state index in [1.165, 1.54) is 0 Å². The van der Waals surface area contributed by atoms with Crippen molar-refractivity contribution in [3.8, 4) is 68.1 Å². The zero-order valence-corrected chi connectivity index (χ0v) is 27.0. The maximum absolute atomic E-state index is 5.32. The molecule has 0 N–H and O–H groups in total. The van der Waals surface area contributed by atoms with E-state index in [2.05, 4.69) is 97.1 Å². The summed E-state index contributed by atoms with van der Waals surface area (Å²) in [6.07, 6.45) is 0. The highest BCUT2D eigenvalue weighted by Crippen LogP contribution is 2.39. The van der Waals surface area contributed by atoms with Gasteiger partial charge in [0.2, 0.25) is 0 Å². The average molecular weight is 640 g/mol. The molecule has 50 heavy (non-hydrogen) atoms. The molecule has 234 valence electrons. The molecule has 0 saturated carbocycles. The van der Waals surface area contributed by atoms with Crippen LogP contribution >= 0.6 is 0 Å². The fourth-order valence-corrected chi connectivity index (χ4v) is 6.53. The summed E-state index contributed by atoms with van der Waals surface area (Å²) in [7, 11) is 0. The Morgan fingerprint density at radius 3 is 1.44 bits per heavy atom. The molecule has 2 aromatic heterocycles. The van der Waals surface area contributed by atoms with Crippen LogP contribution in [0.1, 0.15) is 0 Å². The van der Waals surface area contributed by atoms with Crippen LogP contribution in [0.15, 0.2) is 176 Å². The van der Waals surface area contributed by atoms with Crippen molar-refractivity contribution in [2.24, 2.45) is 0 Å². The monoisotopic (exact) mass is 639 g/mol. The molecule has 2 heterocycles. The van der Waals surface area contributed by atoms with Crippen LogP contribution in [0.25, 0.3) is 89.6 Å². The molecule has 0 radical (unpaired) electrons. The third kappa shape index (κ3) is 5.47. The Morgan fingerprint density at radius 1 is 0.280 bits per heavy atom. The van der Waals surface area contributed by atoms with Crippen molar-refractivity contribution in [3.63, 3.8) is 0 Å². The Hall–Kier alpha value is -6.85. The Kier molecular flexibility index (Phi) is 7.41. The van der Waals surface area contributed by atoms with E-state index < -0.39 is 0 Å². The molecule has 0 unspecified atom stereocenters. The molecular weight excluding hydrogens is 611 g/mol. The third-order valence-corrected chi connectivity index (χ3v) is 8.95. The van der Waals surface area contributed by atoms with Crippen LogP contribution in [0.4, 0.5) is 0 Å². The van der Waals surface area contributed by atoms with Gasteiger partial charge in [-0.15, -0.1) is 0 Å². The number of fused-ring (bicyclic) bond motifs is 2. The van der Waals surface area contributed by atoms with Crippen LogP contribution in [-0.2, 0) is 0 Å². The van der Waals surface area contributed by atoms with Gasteiger partial charge in [-0.25, -0.2) is 24.9 Å². The fraction of sp³-hybridized carbons (Fsp3) is 0. The first-order valence-corrected chi connectivity index (χ1v) is 16.6. The van der Waals surface area contributed by atoms with E-state index in [0.29, 0.717) is 23.3 Å². The van der Waals surface area contributed by atoms with Gasteiger partial charge in [0.25, 0.3) is 0 Å². The highest BCUT2D eigenvalue weighted by atomic mass is 15.0. The molecule has 5 nitrogen and oxygen atoms in total. The number of aromatic nitrogens is 5. The highest BCUT2D eigenvalue weighted by molar-refractivity contribution is 6.03. The van der Waals surface area contributed by atoms with Gasteiger partial charge in [0, 0.05) is 33.4 Å². The van der Waals surface area contributed by atoms with E-state index in [-0.39, 0.29) is 0 Å². The number of hydrogen-bond acceptors (Lipinski definition) is 5. The van der Waals surface area contributed by atoms with E-state index in [1.54, 1.807) is 0 Å². The molecule has 9 aromatic rings. The van der Waals surface area contributed by atoms with E-state index >= 15 is 0 Å². The summed E-state index contributed by atoms with van der Waals surface area (Å²) in [6, 6.07) is 59.8. The van der Waals surface area contributed by atoms with Crippen LogP contribution in [0, 0.1) is 0 Å². The standard InChI is InChI=1S/C45H29N5/c1-4-17-32(18-5-1)39-29-40(37-26-14-23-30-15-10-12-24-35(30)37)47-44(46-39)38-28-27-31-16-11-13-25-36(31)41(38)45-49-42(33-19-6-2-7-20-33)48-43(50-45)34-21-8-3-9-22-34/h1-29H. The zero-order chi connectivity index (χ0) is 33.3. The van der Waals surface area contributed by atoms with Crippen LogP contribution in [0.2, 0.25) is 0 Å². The van der Waals surface area contributed by atoms with Crippen LogP contribution in [0.3, 0.4) is 0 Å². The van der Waals surface area contributed by atoms with Crippen molar-refractivity contribution in [1.29, 1.82) is 0 Å². The first kappa shape index (κ1) is 29.3. The average Bonchev–Trinajstić information content (AvgIpc) is 3.21. The summed E-state index contributed by atoms with van der Waals surface area (Å²) in [5.41, 5.74) is 7.26. The van der Waals surface area contributed by atoms with Gasteiger partial charge in [0.15, 0.2) is 23.3 Å². The summed E-state index contributed by atoms with van der Waals surface area (Å²) >= 11 is 0. The predicted molar refractivity (Wildman–Crippen MR) is 203 cm³/mol. The van der Waals surface area contributed by atoms with E-state index in [1.807, 2.05) is 78.9 Å². The molecular formula is C45H29N5. The molecule has 0 fully saturated rings. The van der Waals surface area contributed by atoms with Gasteiger partial charge in [0.05, 0.1) is 11.4 Å². The number of rotatable bonds is 6. The maximum Gasteiger partial charge on any atom is 0.165 e. The minimum atomic E-state index is 0.560. The summed E-state index contributed by atoms with van der Waals surface area (Å²) in [5, 5.41) is 4.37. The topological polar surface area (TPSA) is 64.5 Å². The maximum atomic E-state index is 5.32. The van der Waals surface area contributed by atoms with Gasteiger partial charge in [0.1, 0.15) is 0 Å². The molecule has 9 rings (SSSR count). The van der Waals surface area contributed by atoms with Gasteiger partial charge >= 0.3 is 0 Å². The smallest absolute Gasteiger partial charge is 0.165 e. The predicted octanol–water partition coefficient (Wildman–Crippen LogP) is 11.0. The normalized spacial score (nSPS) is 11.2. The number of benzene rings is 7. The Bertz CT molecular complexity index is 2580. The lowest BCUT2D eigenvalue weighted by atomic mass is 9.96. The first-order valence-electron chi connectivity index (χ1n) is 16.6. The van der Waals surface area contributed by atoms with Crippen molar-refractivity contribution in [3.05, 3.63) is 176 Å². The van der Waals surface area contributed by atoms with Gasteiger partial charge in [-0.2, -0.15) is 0 Å². The molecule has 0 amide bonds. The van der Waals surface area contributed by atoms with Crippen molar-refractivity contribution in [2.45, 2.75) is 0 Å². The summed E-state index contributed by atoms with van der Waals surface area (Å²) in [5.74, 6) is 2.36. The quantitative estimate of drug-likeness (QED) is 0.181. The van der Waals surface area contributed by atoms with Gasteiger partial charge < -0.3 is 0 Å². The van der Waals surface area contributed by atoms with Crippen molar-refractivity contribution < 1.29 is 0 Å². The second kappa shape index (κ2) is 12.6. The molecule has 0 aliphatic rings. The lowest BCUT2D eigenvalue weighted by Crippen LogP contribution is -2.03. The van der Waals surface area contributed by atoms with Crippen LogP contribution in [0.5, 0.6) is 0 Å². The van der Waals surface area contributed by atoms with Crippen LogP contribution < -0.4 is 0 Å². The van der Waals surface area contributed by atoms with E-state index in [0.717, 1.165) is 66.3 Å². The van der Waals surface area contributed by atoms with E-state index in [4.69, 9.17) is 24.9 Å². The van der Waals surface area contributed by atoms with Gasteiger partial charge in [-0.1, -0.05) is 164 Å². The molecule has 7 aromatic carbocycles. The molecule has 0 aliphatic heterocycles. The fourth-order valence-electron chi connectivity index (χ4n) is 6.53. The van der Waals surface area contributed by atoms with E-state index in [9.17, 15) is 0 Å². The molecule has 5 heteroatoms. The number of nitrogens with zero attached hydrogens (tertiary/aromatic N) is 5. The van der Waals surface area contributed by atoms with Gasteiger partial charge in [-0.05, 0) is 33.7 Å².